The molecule has 1 aromatic rings. The van der Waals surface area contributed by atoms with Gasteiger partial charge in [-0.05, 0) is 30.4 Å². The van der Waals surface area contributed by atoms with E-state index in [0.717, 1.165) is 18.4 Å². The van der Waals surface area contributed by atoms with Crippen molar-refractivity contribution in [2.75, 3.05) is 0 Å². The highest BCUT2D eigenvalue weighted by molar-refractivity contribution is 5.43. The molecule has 0 atom stereocenters. The third kappa shape index (κ3) is 1.39. The number of allylic oxidation sites excluding steroid dienone is 1. The number of phenols is 2. The van der Waals surface area contributed by atoms with Gasteiger partial charge in [0.15, 0.2) is 0 Å². The monoisotopic (exact) mass is 176 g/mol. The van der Waals surface area contributed by atoms with Gasteiger partial charge >= 0.3 is 0 Å². The minimum Gasteiger partial charge on any atom is -0.508 e. The number of benzene rings is 1. The fourth-order valence-corrected chi connectivity index (χ4v) is 1.73. The Morgan fingerprint density at radius 2 is 1.92 bits per heavy atom. The maximum Gasteiger partial charge on any atom is 0.122 e. The van der Waals surface area contributed by atoms with Gasteiger partial charge in [-0.2, -0.15) is 0 Å². The summed E-state index contributed by atoms with van der Waals surface area (Å²) in [5.74, 6) is 0.699. The Morgan fingerprint density at radius 3 is 2.46 bits per heavy atom. The van der Waals surface area contributed by atoms with Gasteiger partial charge in [0.1, 0.15) is 11.5 Å². The van der Waals surface area contributed by atoms with Crippen LogP contribution in [0.5, 0.6) is 11.5 Å². The largest absolute Gasteiger partial charge is 0.508 e. The zero-order chi connectivity index (χ0) is 9.42. The third-order valence-corrected chi connectivity index (χ3v) is 2.52. The Morgan fingerprint density at radius 1 is 1.23 bits per heavy atom. The second kappa shape index (κ2) is 2.80. The van der Waals surface area contributed by atoms with Crippen molar-refractivity contribution in [2.45, 2.75) is 18.8 Å². The van der Waals surface area contributed by atoms with Crippen LogP contribution in [0.15, 0.2) is 30.4 Å². The predicted molar refractivity (Wildman–Crippen MR) is 50.9 cm³/mol. The quantitative estimate of drug-likeness (QED) is 0.645. The van der Waals surface area contributed by atoms with Gasteiger partial charge in [-0.3, -0.25) is 0 Å². The van der Waals surface area contributed by atoms with E-state index in [-0.39, 0.29) is 11.5 Å². The van der Waals surface area contributed by atoms with E-state index in [2.05, 4.69) is 6.58 Å². The number of rotatable bonds is 1. The van der Waals surface area contributed by atoms with Crippen molar-refractivity contribution in [3.8, 4) is 11.5 Å². The molecule has 1 aromatic carbocycles. The smallest absolute Gasteiger partial charge is 0.122 e. The van der Waals surface area contributed by atoms with E-state index < -0.39 is 0 Å². The van der Waals surface area contributed by atoms with Crippen LogP contribution >= 0.6 is 0 Å². The number of hydrogen-bond donors (Lipinski definition) is 2. The van der Waals surface area contributed by atoms with Crippen molar-refractivity contribution in [3.05, 3.63) is 35.9 Å². The first kappa shape index (κ1) is 8.17. The molecule has 0 aliphatic heterocycles. The molecule has 0 radical (unpaired) electrons. The van der Waals surface area contributed by atoms with Crippen molar-refractivity contribution in [2.24, 2.45) is 0 Å². The standard InChI is InChI=1S/C11H12O2/c1-7-4-8(5-7)10-3-2-9(12)6-11(10)13/h2-3,6,8,12-13H,1,4-5H2. The summed E-state index contributed by atoms with van der Waals surface area (Å²) in [6.45, 7) is 3.85. The van der Waals surface area contributed by atoms with E-state index in [4.69, 9.17) is 5.11 Å². The molecule has 1 aliphatic rings. The molecule has 2 heteroatoms. The second-order valence-electron chi connectivity index (χ2n) is 3.60. The van der Waals surface area contributed by atoms with Crippen LogP contribution in [0.25, 0.3) is 0 Å². The number of phenolic OH excluding ortho intramolecular Hbond substituents is 2. The third-order valence-electron chi connectivity index (χ3n) is 2.52. The molecule has 2 N–H and O–H groups in total. The highest BCUT2D eigenvalue weighted by atomic mass is 16.3. The molecule has 1 aliphatic carbocycles. The SMILES string of the molecule is C=C1CC(c2ccc(O)cc2O)C1. The molecule has 68 valence electrons. The topological polar surface area (TPSA) is 40.5 Å². The maximum atomic E-state index is 9.52. The maximum absolute atomic E-state index is 9.52. The molecule has 0 unspecified atom stereocenters. The zero-order valence-corrected chi connectivity index (χ0v) is 7.33. The molecular formula is C11H12O2. The summed E-state index contributed by atoms with van der Waals surface area (Å²) in [6.07, 6.45) is 1.91. The van der Waals surface area contributed by atoms with Crippen LogP contribution in [0.3, 0.4) is 0 Å². The van der Waals surface area contributed by atoms with E-state index in [1.165, 1.54) is 11.6 Å². The van der Waals surface area contributed by atoms with Crippen LogP contribution in [0, 0.1) is 0 Å². The number of aromatic hydroxyl groups is 2. The zero-order valence-electron chi connectivity index (χ0n) is 7.33. The minimum absolute atomic E-state index is 0.111. The second-order valence-corrected chi connectivity index (χ2v) is 3.60. The molecule has 0 amide bonds. The Balaban J connectivity index is 2.26. The van der Waals surface area contributed by atoms with Crippen molar-refractivity contribution in [3.63, 3.8) is 0 Å². The lowest BCUT2D eigenvalue weighted by Gasteiger charge is -2.29. The van der Waals surface area contributed by atoms with Gasteiger partial charge in [0.2, 0.25) is 0 Å². The first-order valence-electron chi connectivity index (χ1n) is 4.35. The highest BCUT2D eigenvalue weighted by Gasteiger charge is 2.25. The minimum atomic E-state index is 0.111. The molecule has 0 saturated heterocycles. The normalized spacial score (nSPS) is 17.1. The van der Waals surface area contributed by atoms with E-state index >= 15 is 0 Å². The molecular weight excluding hydrogens is 164 g/mol. The fraction of sp³-hybridized carbons (Fsp3) is 0.273. The molecule has 0 heterocycles. The number of hydrogen-bond acceptors (Lipinski definition) is 2. The molecule has 1 fully saturated rings. The summed E-state index contributed by atoms with van der Waals surface area (Å²) in [7, 11) is 0. The Hall–Kier alpha value is -1.44. The Bertz CT molecular complexity index is 347. The fourth-order valence-electron chi connectivity index (χ4n) is 1.73. The van der Waals surface area contributed by atoms with Gasteiger partial charge in [-0.1, -0.05) is 18.2 Å². The van der Waals surface area contributed by atoms with Crippen molar-refractivity contribution >= 4 is 0 Å². The van der Waals surface area contributed by atoms with Crippen molar-refractivity contribution < 1.29 is 10.2 Å². The molecule has 0 bridgehead atoms. The summed E-state index contributed by atoms with van der Waals surface area (Å²) in [5.41, 5.74) is 2.16. The van der Waals surface area contributed by atoms with Crippen LogP contribution in [-0.4, -0.2) is 10.2 Å². The summed E-state index contributed by atoms with van der Waals surface area (Å²) in [4.78, 5) is 0. The lowest BCUT2D eigenvalue weighted by molar-refractivity contribution is 0.432. The van der Waals surface area contributed by atoms with Crippen LogP contribution < -0.4 is 0 Å². The first-order valence-corrected chi connectivity index (χ1v) is 4.35. The van der Waals surface area contributed by atoms with Gasteiger partial charge < -0.3 is 10.2 Å². The Kier molecular flexibility index (Phi) is 1.76. The highest BCUT2D eigenvalue weighted by Crippen LogP contribution is 2.43. The predicted octanol–water partition coefficient (Wildman–Crippen LogP) is 2.53. The van der Waals surface area contributed by atoms with Crippen LogP contribution in [0.2, 0.25) is 0 Å². The van der Waals surface area contributed by atoms with E-state index in [0.29, 0.717) is 5.92 Å². The molecule has 13 heavy (non-hydrogen) atoms. The Labute approximate surface area is 77.1 Å². The lowest BCUT2D eigenvalue weighted by Crippen LogP contribution is -2.11. The summed E-state index contributed by atoms with van der Waals surface area (Å²) < 4.78 is 0. The van der Waals surface area contributed by atoms with Gasteiger partial charge in [-0.15, -0.1) is 0 Å². The van der Waals surface area contributed by atoms with Crippen molar-refractivity contribution in [1.29, 1.82) is 0 Å². The summed E-state index contributed by atoms with van der Waals surface area (Å²) >= 11 is 0. The van der Waals surface area contributed by atoms with Gasteiger partial charge in [0, 0.05) is 6.07 Å². The lowest BCUT2D eigenvalue weighted by atomic mass is 9.76. The average molecular weight is 176 g/mol. The van der Waals surface area contributed by atoms with Crippen LogP contribution in [0.1, 0.15) is 24.3 Å². The van der Waals surface area contributed by atoms with Gasteiger partial charge in [-0.25, -0.2) is 0 Å². The first-order chi connectivity index (χ1) is 6.16. The molecule has 0 aromatic heterocycles. The van der Waals surface area contributed by atoms with Gasteiger partial charge in [0.25, 0.3) is 0 Å². The van der Waals surface area contributed by atoms with Gasteiger partial charge in [0.05, 0.1) is 0 Å². The molecule has 0 spiro atoms. The summed E-state index contributed by atoms with van der Waals surface area (Å²) in [6, 6.07) is 4.77. The molecule has 1 saturated carbocycles. The van der Waals surface area contributed by atoms with E-state index in [1.54, 1.807) is 12.1 Å². The van der Waals surface area contributed by atoms with E-state index in [1.807, 2.05) is 0 Å². The molecule has 2 nitrogen and oxygen atoms in total. The van der Waals surface area contributed by atoms with Crippen molar-refractivity contribution in [1.82, 2.24) is 0 Å². The van der Waals surface area contributed by atoms with Crippen LogP contribution in [-0.2, 0) is 0 Å². The molecule has 2 rings (SSSR count). The average Bonchev–Trinajstić information content (AvgIpc) is 2.00. The van der Waals surface area contributed by atoms with Crippen LogP contribution in [0.4, 0.5) is 0 Å². The summed E-state index contributed by atoms with van der Waals surface area (Å²) in [5, 5.41) is 18.6. The van der Waals surface area contributed by atoms with E-state index in [9.17, 15) is 5.11 Å².